The molecular formula is C15H17Cl2NO3. The number of hydrogen-bond donors (Lipinski definition) is 1. The normalized spacial score (nSPS) is 20.1. The van der Waals surface area contributed by atoms with E-state index in [0.29, 0.717) is 23.0 Å². The number of aliphatic carboxylic acids is 1. The molecule has 1 fully saturated rings. The van der Waals surface area contributed by atoms with Gasteiger partial charge in [-0.25, -0.2) is 0 Å². The SMILES string of the molecule is CC(C(=O)N1CCC[C@H](C(=O)O)C1)c1ccc(Cl)c(Cl)c1. The Bertz CT molecular complexity index is 562. The molecule has 0 aliphatic carbocycles. The van der Waals surface area contributed by atoms with Gasteiger partial charge in [-0.3, -0.25) is 9.59 Å². The molecule has 0 saturated carbocycles. The number of piperidine rings is 1. The largest absolute Gasteiger partial charge is 0.481 e. The van der Waals surface area contributed by atoms with E-state index in [2.05, 4.69) is 0 Å². The van der Waals surface area contributed by atoms with Crippen molar-refractivity contribution in [3.8, 4) is 0 Å². The number of halogens is 2. The van der Waals surface area contributed by atoms with Crippen molar-refractivity contribution in [3.63, 3.8) is 0 Å². The summed E-state index contributed by atoms with van der Waals surface area (Å²) in [5.74, 6) is -1.75. The van der Waals surface area contributed by atoms with E-state index in [1.165, 1.54) is 0 Å². The zero-order valence-corrected chi connectivity index (χ0v) is 13.2. The fourth-order valence-electron chi connectivity index (χ4n) is 2.58. The van der Waals surface area contributed by atoms with Crippen molar-refractivity contribution in [1.29, 1.82) is 0 Å². The van der Waals surface area contributed by atoms with Crippen LogP contribution in [0.3, 0.4) is 0 Å². The Hall–Kier alpha value is -1.26. The Labute approximate surface area is 133 Å². The summed E-state index contributed by atoms with van der Waals surface area (Å²) in [6.45, 7) is 2.68. The second-order valence-electron chi connectivity index (χ2n) is 5.36. The van der Waals surface area contributed by atoms with E-state index in [0.717, 1.165) is 12.0 Å². The number of carbonyl (C=O) groups is 2. The molecule has 1 unspecified atom stereocenters. The molecular weight excluding hydrogens is 313 g/mol. The fourth-order valence-corrected chi connectivity index (χ4v) is 2.88. The maximum Gasteiger partial charge on any atom is 0.308 e. The molecule has 0 aromatic heterocycles. The lowest BCUT2D eigenvalue weighted by Crippen LogP contribution is -2.43. The number of carboxylic acid groups (broad SMARTS) is 1. The molecule has 1 saturated heterocycles. The number of rotatable bonds is 3. The standard InChI is InChI=1S/C15H17Cl2NO3/c1-9(10-4-5-12(16)13(17)7-10)14(19)18-6-2-3-11(8-18)15(20)21/h4-5,7,9,11H,2-3,6,8H2,1H3,(H,20,21)/t9?,11-/m0/s1. The average Bonchev–Trinajstić information content (AvgIpc) is 2.48. The molecule has 21 heavy (non-hydrogen) atoms. The van der Waals surface area contributed by atoms with Crippen molar-refractivity contribution in [1.82, 2.24) is 4.90 Å². The van der Waals surface area contributed by atoms with Crippen LogP contribution in [0.15, 0.2) is 18.2 Å². The van der Waals surface area contributed by atoms with Crippen LogP contribution in [0.1, 0.15) is 31.2 Å². The fraction of sp³-hybridized carbons (Fsp3) is 0.467. The summed E-state index contributed by atoms with van der Waals surface area (Å²) in [6.07, 6.45) is 1.34. The molecule has 1 heterocycles. The molecule has 1 aliphatic rings. The predicted octanol–water partition coefficient (Wildman–Crippen LogP) is 3.42. The summed E-state index contributed by atoms with van der Waals surface area (Å²) in [5, 5.41) is 9.95. The number of likely N-dealkylation sites (tertiary alicyclic amines) is 1. The van der Waals surface area contributed by atoms with Gasteiger partial charge in [-0.05, 0) is 37.5 Å². The summed E-state index contributed by atoms with van der Waals surface area (Å²) < 4.78 is 0. The van der Waals surface area contributed by atoms with Crippen LogP contribution >= 0.6 is 23.2 Å². The molecule has 114 valence electrons. The number of benzene rings is 1. The summed E-state index contributed by atoms with van der Waals surface area (Å²) in [5.41, 5.74) is 0.784. The molecule has 6 heteroatoms. The second kappa shape index (κ2) is 6.67. The molecule has 1 aliphatic heterocycles. The van der Waals surface area contributed by atoms with Gasteiger partial charge in [0.05, 0.1) is 21.9 Å². The van der Waals surface area contributed by atoms with Gasteiger partial charge in [0.2, 0.25) is 5.91 Å². The maximum absolute atomic E-state index is 12.5. The topological polar surface area (TPSA) is 57.6 Å². The Morgan fingerprint density at radius 1 is 1.33 bits per heavy atom. The van der Waals surface area contributed by atoms with Crippen LogP contribution in [0.25, 0.3) is 0 Å². The molecule has 1 aromatic rings. The second-order valence-corrected chi connectivity index (χ2v) is 6.17. The lowest BCUT2D eigenvalue weighted by molar-refractivity contribution is -0.146. The first kappa shape index (κ1) is 16.1. The van der Waals surface area contributed by atoms with Crippen LogP contribution in [0.4, 0.5) is 0 Å². The van der Waals surface area contributed by atoms with Crippen molar-refractivity contribution < 1.29 is 14.7 Å². The third-order valence-electron chi connectivity index (χ3n) is 3.90. The summed E-state index contributed by atoms with van der Waals surface area (Å²) in [6, 6.07) is 5.12. The van der Waals surface area contributed by atoms with Gasteiger partial charge in [0.1, 0.15) is 0 Å². The van der Waals surface area contributed by atoms with E-state index < -0.39 is 11.9 Å². The van der Waals surface area contributed by atoms with Crippen LogP contribution < -0.4 is 0 Å². The Balaban J connectivity index is 2.11. The zero-order chi connectivity index (χ0) is 15.6. The van der Waals surface area contributed by atoms with Crippen LogP contribution in [0.2, 0.25) is 10.0 Å². The third-order valence-corrected chi connectivity index (χ3v) is 4.64. The molecule has 0 radical (unpaired) electrons. The first-order chi connectivity index (χ1) is 9.90. The number of carbonyl (C=O) groups excluding carboxylic acids is 1. The molecule has 2 rings (SSSR count). The van der Waals surface area contributed by atoms with Gasteiger partial charge >= 0.3 is 5.97 Å². The minimum atomic E-state index is -0.838. The molecule has 4 nitrogen and oxygen atoms in total. The van der Waals surface area contributed by atoms with E-state index in [4.69, 9.17) is 28.3 Å². The maximum atomic E-state index is 12.5. The predicted molar refractivity (Wildman–Crippen MR) is 81.8 cm³/mol. The highest BCUT2D eigenvalue weighted by Gasteiger charge is 2.30. The lowest BCUT2D eigenvalue weighted by Gasteiger charge is -2.32. The molecule has 1 amide bonds. The summed E-state index contributed by atoms with van der Waals surface area (Å²) >= 11 is 11.9. The summed E-state index contributed by atoms with van der Waals surface area (Å²) in [4.78, 5) is 25.2. The van der Waals surface area contributed by atoms with Gasteiger partial charge in [0.15, 0.2) is 0 Å². The molecule has 1 N–H and O–H groups in total. The Kier molecular flexibility index (Phi) is 5.12. The van der Waals surface area contributed by atoms with E-state index in [9.17, 15) is 9.59 Å². The van der Waals surface area contributed by atoms with Crippen LogP contribution in [0.5, 0.6) is 0 Å². The van der Waals surface area contributed by atoms with Crippen LogP contribution in [-0.2, 0) is 9.59 Å². The first-order valence-corrected chi connectivity index (χ1v) is 7.62. The monoisotopic (exact) mass is 329 g/mol. The van der Waals surface area contributed by atoms with E-state index in [1.54, 1.807) is 30.0 Å². The first-order valence-electron chi connectivity index (χ1n) is 6.86. The number of carboxylic acids is 1. The van der Waals surface area contributed by atoms with E-state index in [1.807, 2.05) is 0 Å². The number of amides is 1. The molecule has 1 aromatic carbocycles. The zero-order valence-electron chi connectivity index (χ0n) is 11.7. The van der Waals surface area contributed by atoms with Crippen molar-refractivity contribution in [2.45, 2.75) is 25.7 Å². The van der Waals surface area contributed by atoms with Gasteiger partial charge < -0.3 is 10.0 Å². The highest BCUT2D eigenvalue weighted by molar-refractivity contribution is 6.42. The van der Waals surface area contributed by atoms with E-state index >= 15 is 0 Å². The van der Waals surface area contributed by atoms with Crippen molar-refractivity contribution in [2.75, 3.05) is 13.1 Å². The van der Waals surface area contributed by atoms with Gasteiger partial charge in [-0.2, -0.15) is 0 Å². The molecule has 2 atom stereocenters. The lowest BCUT2D eigenvalue weighted by atomic mass is 9.94. The number of hydrogen-bond acceptors (Lipinski definition) is 2. The minimum absolute atomic E-state index is 0.0701. The quantitative estimate of drug-likeness (QED) is 0.924. The molecule has 0 spiro atoms. The Morgan fingerprint density at radius 2 is 2.05 bits per heavy atom. The minimum Gasteiger partial charge on any atom is -0.481 e. The van der Waals surface area contributed by atoms with Gasteiger partial charge in [0.25, 0.3) is 0 Å². The van der Waals surface area contributed by atoms with Crippen LogP contribution in [0, 0.1) is 5.92 Å². The highest BCUT2D eigenvalue weighted by Crippen LogP contribution is 2.28. The molecule has 0 bridgehead atoms. The summed E-state index contributed by atoms with van der Waals surface area (Å²) in [7, 11) is 0. The van der Waals surface area contributed by atoms with Crippen molar-refractivity contribution in [3.05, 3.63) is 33.8 Å². The van der Waals surface area contributed by atoms with E-state index in [-0.39, 0.29) is 18.4 Å². The van der Waals surface area contributed by atoms with Gasteiger partial charge in [-0.1, -0.05) is 29.3 Å². The average molecular weight is 330 g/mol. The Morgan fingerprint density at radius 3 is 2.67 bits per heavy atom. The van der Waals surface area contributed by atoms with Crippen molar-refractivity contribution in [2.24, 2.45) is 5.92 Å². The van der Waals surface area contributed by atoms with Gasteiger partial charge in [0, 0.05) is 13.1 Å². The highest BCUT2D eigenvalue weighted by atomic mass is 35.5. The van der Waals surface area contributed by atoms with Crippen LogP contribution in [-0.4, -0.2) is 35.0 Å². The van der Waals surface area contributed by atoms with Gasteiger partial charge in [-0.15, -0.1) is 0 Å². The number of nitrogens with zero attached hydrogens (tertiary/aromatic N) is 1. The smallest absolute Gasteiger partial charge is 0.308 e. The third kappa shape index (κ3) is 3.69. The van der Waals surface area contributed by atoms with Crippen molar-refractivity contribution >= 4 is 35.1 Å².